The largest absolute Gasteiger partial charge is 0.366 e. The molecule has 0 atom stereocenters. The Hall–Kier alpha value is -3.39. The van der Waals surface area contributed by atoms with Gasteiger partial charge in [-0.2, -0.15) is 10.4 Å². The average Bonchev–Trinajstić information content (AvgIpc) is 3.06. The van der Waals surface area contributed by atoms with Gasteiger partial charge in [0.2, 0.25) is 0 Å². The normalized spacial score (nSPS) is 10.3. The molecule has 5 heteroatoms. The third-order valence-electron chi connectivity index (χ3n) is 3.75. The highest BCUT2D eigenvalue weighted by atomic mass is 16.1. The highest BCUT2D eigenvalue weighted by Crippen LogP contribution is 2.13. The Balaban J connectivity index is 1.68. The van der Waals surface area contributed by atoms with Crippen molar-refractivity contribution in [3.05, 3.63) is 88.7 Å². The van der Waals surface area contributed by atoms with E-state index in [4.69, 9.17) is 11.0 Å². The summed E-state index contributed by atoms with van der Waals surface area (Å²) >= 11 is 0. The van der Waals surface area contributed by atoms with E-state index in [1.807, 2.05) is 30.3 Å². The van der Waals surface area contributed by atoms with E-state index in [0.29, 0.717) is 17.7 Å². The molecule has 3 aromatic rings. The van der Waals surface area contributed by atoms with Gasteiger partial charge < -0.3 is 5.73 Å². The summed E-state index contributed by atoms with van der Waals surface area (Å²) in [5.74, 6) is -0.476. The van der Waals surface area contributed by atoms with Gasteiger partial charge in [0.15, 0.2) is 0 Å². The number of hydrogen-bond donors (Lipinski definition) is 1. The van der Waals surface area contributed by atoms with Gasteiger partial charge in [0.25, 0.3) is 5.91 Å². The summed E-state index contributed by atoms with van der Waals surface area (Å²) in [6.45, 7) is 0.581. The van der Waals surface area contributed by atoms with Gasteiger partial charge in [0.1, 0.15) is 0 Å². The highest BCUT2D eigenvalue weighted by Gasteiger charge is 2.05. The third kappa shape index (κ3) is 3.68. The topological polar surface area (TPSA) is 84.7 Å². The molecule has 1 aromatic heterocycles. The number of benzene rings is 2. The second-order valence-electron chi connectivity index (χ2n) is 5.60. The van der Waals surface area contributed by atoms with Crippen LogP contribution in [0.5, 0.6) is 0 Å². The van der Waals surface area contributed by atoms with Crippen LogP contribution in [0.25, 0.3) is 0 Å². The molecule has 0 unspecified atom stereocenters. The van der Waals surface area contributed by atoms with E-state index in [0.717, 1.165) is 17.5 Å². The van der Waals surface area contributed by atoms with Crippen molar-refractivity contribution < 1.29 is 4.79 Å². The van der Waals surface area contributed by atoms with E-state index in [2.05, 4.69) is 23.3 Å². The van der Waals surface area contributed by atoms with E-state index in [-0.39, 0.29) is 0 Å². The molecule has 118 valence electrons. The molecule has 1 heterocycles. The average molecular weight is 316 g/mol. The number of amides is 1. The van der Waals surface area contributed by atoms with Crippen LogP contribution in [0, 0.1) is 11.3 Å². The zero-order chi connectivity index (χ0) is 16.9. The first kappa shape index (κ1) is 15.5. The summed E-state index contributed by atoms with van der Waals surface area (Å²) in [6.07, 6.45) is 3.89. The zero-order valence-corrected chi connectivity index (χ0v) is 13.0. The number of nitrogens with zero attached hydrogens (tertiary/aromatic N) is 3. The van der Waals surface area contributed by atoms with E-state index < -0.39 is 5.91 Å². The molecule has 0 aliphatic heterocycles. The molecule has 1 amide bonds. The number of rotatable bonds is 5. The fourth-order valence-electron chi connectivity index (χ4n) is 2.51. The Bertz CT molecular complexity index is 904. The fourth-order valence-corrected chi connectivity index (χ4v) is 2.51. The lowest BCUT2D eigenvalue weighted by molar-refractivity contribution is 0.1000. The molecular weight excluding hydrogens is 300 g/mol. The smallest absolute Gasteiger partial charge is 0.251 e. The number of nitrogens with two attached hydrogens (primary N) is 1. The summed E-state index contributed by atoms with van der Waals surface area (Å²) in [6, 6.07) is 18.0. The maximum absolute atomic E-state index is 11.1. The number of aromatic nitrogens is 2. The molecule has 2 aromatic carbocycles. The van der Waals surface area contributed by atoms with Crippen molar-refractivity contribution in [1.82, 2.24) is 9.78 Å². The lowest BCUT2D eigenvalue weighted by atomic mass is 10.0. The predicted molar refractivity (Wildman–Crippen MR) is 90.3 cm³/mol. The molecule has 0 aliphatic rings. The minimum Gasteiger partial charge on any atom is -0.366 e. The molecule has 2 N–H and O–H groups in total. The third-order valence-corrected chi connectivity index (χ3v) is 3.75. The van der Waals surface area contributed by atoms with Crippen molar-refractivity contribution in [2.75, 3.05) is 0 Å². The van der Waals surface area contributed by atoms with Crippen molar-refractivity contribution in [2.45, 2.75) is 13.0 Å². The Morgan fingerprint density at radius 1 is 1.12 bits per heavy atom. The number of carbonyl (C=O) groups excluding carboxylic acids is 1. The number of nitriles is 1. The molecule has 24 heavy (non-hydrogen) atoms. The fraction of sp³-hybridized carbons (Fsp3) is 0.105. The molecule has 0 bridgehead atoms. The Morgan fingerprint density at radius 2 is 1.88 bits per heavy atom. The summed E-state index contributed by atoms with van der Waals surface area (Å²) in [4.78, 5) is 11.1. The lowest BCUT2D eigenvalue weighted by Gasteiger charge is -2.05. The molecular formula is C19H16N4O. The maximum atomic E-state index is 11.1. The molecule has 0 spiro atoms. The predicted octanol–water partition coefficient (Wildman–Crippen LogP) is 2.49. The molecule has 0 saturated heterocycles. The van der Waals surface area contributed by atoms with Gasteiger partial charge in [-0.05, 0) is 35.2 Å². The lowest BCUT2D eigenvalue weighted by Crippen LogP contribution is -2.09. The van der Waals surface area contributed by atoms with Gasteiger partial charge in [-0.3, -0.25) is 9.48 Å². The summed E-state index contributed by atoms with van der Waals surface area (Å²) in [5, 5.41) is 13.1. The van der Waals surface area contributed by atoms with Crippen LogP contribution in [-0.2, 0) is 13.0 Å². The standard InChI is InChI=1S/C19H16N4O/c20-10-17-3-1-2-16(9-17)8-14-4-6-15(7-5-14)12-23-13-18(11-22-23)19(21)24/h1-7,9,11,13H,8,12H2,(H2,21,24). The first-order valence-corrected chi connectivity index (χ1v) is 7.53. The zero-order valence-electron chi connectivity index (χ0n) is 13.0. The first-order chi connectivity index (χ1) is 11.6. The van der Waals surface area contributed by atoms with Crippen molar-refractivity contribution in [2.24, 2.45) is 5.73 Å². The molecule has 0 aliphatic carbocycles. The van der Waals surface area contributed by atoms with Crippen LogP contribution < -0.4 is 5.73 Å². The second kappa shape index (κ2) is 6.80. The number of primary amides is 1. The van der Waals surface area contributed by atoms with Gasteiger partial charge >= 0.3 is 0 Å². The summed E-state index contributed by atoms with van der Waals surface area (Å²) in [5.41, 5.74) is 9.67. The van der Waals surface area contributed by atoms with E-state index in [1.165, 1.54) is 11.8 Å². The van der Waals surface area contributed by atoms with E-state index >= 15 is 0 Å². The first-order valence-electron chi connectivity index (χ1n) is 7.53. The monoisotopic (exact) mass is 316 g/mol. The van der Waals surface area contributed by atoms with Gasteiger partial charge in [-0.15, -0.1) is 0 Å². The molecule has 0 radical (unpaired) electrons. The van der Waals surface area contributed by atoms with Crippen LogP contribution in [-0.4, -0.2) is 15.7 Å². The van der Waals surface area contributed by atoms with E-state index in [9.17, 15) is 4.79 Å². The second-order valence-corrected chi connectivity index (χ2v) is 5.60. The van der Waals surface area contributed by atoms with Crippen LogP contribution in [0.15, 0.2) is 60.9 Å². The molecule has 5 nitrogen and oxygen atoms in total. The quantitative estimate of drug-likeness (QED) is 0.784. The van der Waals surface area contributed by atoms with Crippen molar-refractivity contribution >= 4 is 5.91 Å². The van der Waals surface area contributed by atoms with Gasteiger partial charge in [-0.1, -0.05) is 36.4 Å². The number of hydrogen-bond acceptors (Lipinski definition) is 3. The van der Waals surface area contributed by atoms with Gasteiger partial charge in [0.05, 0.1) is 29.9 Å². The van der Waals surface area contributed by atoms with Crippen LogP contribution >= 0.6 is 0 Å². The van der Waals surface area contributed by atoms with Crippen LogP contribution in [0.3, 0.4) is 0 Å². The van der Waals surface area contributed by atoms with Crippen LogP contribution in [0.1, 0.15) is 32.6 Å². The number of carbonyl (C=O) groups is 1. The van der Waals surface area contributed by atoms with Crippen LogP contribution in [0.2, 0.25) is 0 Å². The SMILES string of the molecule is N#Cc1cccc(Cc2ccc(Cn3cc(C(N)=O)cn3)cc2)c1. The minimum atomic E-state index is -0.476. The molecule has 0 fully saturated rings. The summed E-state index contributed by atoms with van der Waals surface area (Å²) in [7, 11) is 0. The van der Waals surface area contributed by atoms with Crippen LogP contribution in [0.4, 0.5) is 0 Å². The highest BCUT2D eigenvalue weighted by molar-refractivity contribution is 5.92. The maximum Gasteiger partial charge on any atom is 0.251 e. The molecule has 3 rings (SSSR count). The van der Waals surface area contributed by atoms with Crippen molar-refractivity contribution in [3.63, 3.8) is 0 Å². The van der Waals surface area contributed by atoms with Crippen molar-refractivity contribution in [1.29, 1.82) is 5.26 Å². The van der Waals surface area contributed by atoms with Gasteiger partial charge in [0, 0.05) is 6.20 Å². The Morgan fingerprint density at radius 3 is 2.54 bits per heavy atom. The van der Waals surface area contributed by atoms with Gasteiger partial charge in [-0.25, -0.2) is 0 Å². The molecule has 0 saturated carbocycles. The Labute approximate surface area is 140 Å². The minimum absolute atomic E-state index is 0.406. The summed E-state index contributed by atoms with van der Waals surface area (Å²) < 4.78 is 1.69. The van der Waals surface area contributed by atoms with Crippen molar-refractivity contribution in [3.8, 4) is 6.07 Å². The van der Waals surface area contributed by atoms with E-state index in [1.54, 1.807) is 16.9 Å². The Kier molecular flexibility index (Phi) is 4.39.